The second-order valence-corrected chi connectivity index (χ2v) is 9.20. The minimum absolute atomic E-state index is 0.0171. The van der Waals surface area contributed by atoms with E-state index in [1.165, 1.54) is 28.8 Å². The number of thioether (sulfide) groups is 1. The SMILES string of the molecule is O=C(O)c1ccc(-c2ccc(/C=C3\SC(=S)N(c4cccc(Br)c4)C3=O)o2)cc1Cl. The topological polar surface area (TPSA) is 70.8 Å². The van der Waals surface area contributed by atoms with E-state index >= 15 is 0 Å². The zero-order valence-electron chi connectivity index (χ0n) is 15.0. The van der Waals surface area contributed by atoms with Crippen molar-refractivity contribution < 1.29 is 19.1 Å². The van der Waals surface area contributed by atoms with Crippen LogP contribution in [0.15, 0.2) is 68.4 Å². The number of carbonyl (C=O) groups is 2. The summed E-state index contributed by atoms with van der Waals surface area (Å²) in [5.41, 5.74) is 1.33. The molecule has 0 spiro atoms. The Labute approximate surface area is 194 Å². The number of aromatic carboxylic acids is 1. The van der Waals surface area contributed by atoms with Crippen LogP contribution in [0.25, 0.3) is 17.4 Å². The number of carbonyl (C=O) groups excluding carboxylic acids is 1. The monoisotopic (exact) mass is 519 g/mol. The summed E-state index contributed by atoms with van der Waals surface area (Å²) in [6, 6.07) is 15.4. The van der Waals surface area contributed by atoms with E-state index in [-0.39, 0.29) is 16.5 Å². The summed E-state index contributed by atoms with van der Waals surface area (Å²) in [6.07, 6.45) is 1.63. The molecule has 2 aromatic carbocycles. The van der Waals surface area contributed by atoms with E-state index in [0.717, 1.165) is 4.47 Å². The maximum Gasteiger partial charge on any atom is 0.337 e. The summed E-state index contributed by atoms with van der Waals surface area (Å²) in [4.78, 5) is 25.9. The van der Waals surface area contributed by atoms with Crippen LogP contribution in [-0.2, 0) is 4.79 Å². The first-order valence-electron chi connectivity index (χ1n) is 8.50. The summed E-state index contributed by atoms with van der Waals surface area (Å²) in [7, 11) is 0. The molecule has 0 bridgehead atoms. The summed E-state index contributed by atoms with van der Waals surface area (Å²) >= 11 is 16.0. The van der Waals surface area contributed by atoms with E-state index in [1.807, 2.05) is 24.3 Å². The van der Waals surface area contributed by atoms with Crippen molar-refractivity contribution in [1.29, 1.82) is 0 Å². The van der Waals surface area contributed by atoms with Crippen LogP contribution in [0.1, 0.15) is 16.1 Å². The standard InChI is InChI=1S/C21H11BrClNO4S2/c22-12-2-1-3-13(9-12)24-19(25)18(30-21(24)29)10-14-5-7-17(28-14)11-4-6-15(20(26)27)16(23)8-11/h1-10H,(H,26,27)/b18-10-. The molecule has 9 heteroatoms. The number of hydrogen-bond acceptors (Lipinski definition) is 5. The Morgan fingerprint density at radius 3 is 2.70 bits per heavy atom. The summed E-state index contributed by atoms with van der Waals surface area (Å²) < 4.78 is 7.10. The van der Waals surface area contributed by atoms with Crippen molar-refractivity contribution >= 4 is 79.5 Å². The third kappa shape index (κ3) is 4.09. The molecule has 0 radical (unpaired) electrons. The Morgan fingerprint density at radius 2 is 2.00 bits per heavy atom. The molecule has 150 valence electrons. The van der Waals surface area contributed by atoms with Crippen LogP contribution < -0.4 is 4.90 Å². The van der Waals surface area contributed by atoms with Crippen molar-refractivity contribution in [2.24, 2.45) is 0 Å². The van der Waals surface area contributed by atoms with Gasteiger partial charge in [-0.3, -0.25) is 9.69 Å². The van der Waals surface area contributed by atoms with Gasteiger partial charge < -0.3 is 9.52 Å². The van der Waals surface area contributed by atoms with E-state index < -0.39 is 5.97 Å². The van der Waals surface area contributed by atoms with Crippen molar-refractivity contribution in [2.75, 3.05) is 4.90 Å². The summed E-state index contributed by atoms with van der Waals surface area (Å²) in [5.74, 6) is -0.352. The minimum atomic E-state index is -1.10. The molecule has 0 aliphatic carbocycles. The highest BCUT2D eigenvalue weighted by molar-refractivity contribution is 9.10. The van der Waals surface area contributed by atoms with Crippen LogP contribution >= 0.6 is 51.5 Å². The van der Waals surface area contributed by atoms with Gasteiger partial charge in [-0.05, 0) is 42.5 Å². The van der Waals surface area contributed by atoms with Gasteiger partial charge in [-0.25, -0.2) is 4.79 Å². The van der Waals surface area contributed by atoms with Gasteiger partial charge in [-0.15, -0.1) is 0 Å². The molecule has 4 rings (SSSR count). The highest BCUT2D eigenvalue weighted by Crippen LogP contribution is 2.37. The molecule has 1 saturated heterocycles. The molecular weight excluding hydrogens is 510 g/mol. The van der Waals surface area contributed by atoms with Gasteiger partial charge in [-0.2, -0.15) is 0 Å². The van der Waals surface area contributed by atoms with Crippen molar-refractivity contribution in [3.05, 3.63) is 80.3 Å². The predicted octanol–water partition coefficient (Wildman–Crippen LogP) is 6.47. The molecule has 3 aromatic rings. The lowest BCUT2D eigenvalue weighted by Crippen LogP contribution is -2.27. The number of carboxylic acid groups (broad SMARTS) is 1. The molecule has 1 N–H and O–H groups in total. The van der Waals surface area contributed by atoms with Gasteiger partial charge in [-0.1, -0.05) is 63.6 Å². The van der Waals surface area contributed by atoms with Crippen LogP contribution in [0, 0.1) is 0 Å². The lowest BCUT2D eigenvalue weighted by atomic mass is 10.1. The highest BCUT2D eigenvalue weighted by Gasteiger charge is 2.33. The van der Waals surface area contributed by atoms with Gasteiger partial charge in [0.15, 0.2) is 4.32 Å². The molecule has 1 fully saturated rings. The highest BCUT2D eigenvalue weighted by atomic mass is 79.9. The average Bonchev–Trinajstić information content (AvgIpc) is 3.26. The van der Waals surface area contributed by atoms with Gasteiger partial charge in [0.2, 0.25) is 0 Å². The number of carboxylic acids is 1. The molecule has 0 saturated carbocycles. The van der Waals surface area contributed by atoms with Gasteiger partial charge in [0, 0.05) is 16.1 Å². The maximum atomic E-state index is 12.9. The maximum absolute atomic E-state index is 12.9. The molecule has 1 amide bonds. The third-order valence-corrected chi connectivity index (χ3v) is 6.35. The molecule has 0 unspecified atom stereocenters. The van der Waals surface area contributed by atoms with Gasteiger partial charge in [0.1, 0.15) is 11.5 Å². The lowest BCUT2D eigenvalue weighted by molar-refractivity contribution is -0.113. The van der Waals surface area contributed by atoms with E-state index in [2.05, 4.69) is 15.9 Å². The fourth-order valence-corrected chi connectivity index (χ4v) is 4.79. The van der Waals surface area contributed by atoms with E-state index in [0.29, 0.717) is 32.0 Å². The summed E-state index contributed by atoms with van der Waals surface area (Å²) in [6.45, 7) is 0. The van der Waals surface area contributed by atoms with Gasteiger partial charge >= 0.3 is 5.97 Å². The minimum Gasteiger partial charge on any atom is -0.478 e. The van der Waals surface area contributed by atoms with Crippen molar-refractivity contribution in [1.82, 2.24) is 0 Å². The molecule has 1 aliphatic heterocycles. The number of hydrogen-bond donors (Lipinski definition) is 1. The first-order valence-corrected chi connectivity index (χ1v) is 10.9. The molecule has 5 nitrogen and oxygen atoms in total. The number of rotatable bonds is 4. The first kappa shape index (κ1) is 20.9. The van der Waals surface area contributed by atoms with Crippen LogP contribution in [0.4, 0.5) is 5.69 Å². The van der Waals surface area contributed by atoms with Crippen LogP contribution in [0.3, 0.4) is 0 Å². The smallest absolute Gasteiger partial charge is 0.337 e. The number of nitrogens with zero attached hydrogens (tertiary/aromatic N) is 1. The molecule has 0 atom stereocenters. The average molecular weight is 521 g/mol. The number of halogens is 2. The largest absolute Gasteiger partial charge is 0.478 e. The quantitative estimate of drug-likeness (QED) is 0.314. The van der Waals surface area contributed by atoms with E-state index in [4.69, 9.17) is 33.3 Å². The van der Waals surface area contributed by atoms with Crippen LogP contribution in [0.2, 0.25) is 5.02 Å². The first-order chi connectivity index (χ1) is 14.3. The Morgan fingerprint density at radius 1 is 1.20 bits per heavy atom. The third-order valence-electron chi connectivity index (χ3n) is 4.24. The second kappa shape index (κ2) is 8.39. The van der Waals surface area contributed by atoms with Crippen molar-refractivity contribution in [2.45, 2.75) is 0 Å². The molecule has 2 heterocycles. The Balaban J connectivity index is 1.60. The second-order valence-electron chi connectivity index (χ2n) is 6.20. The lowest BCUT2D eigenvalue weighted by Gasteiger charge is -2.14. The number of thiocarbonyl (C=S) groups is 1. The zero-order valence-corrected chi connectivity index (χ0v) is 18.9. The van der Waals surface area contributed by atoms with Gasteiger partial charge in [0.25, 0.3) is 5.91 Å². The number of furan rings is 1. The van der Waals surface area contributed by atoms with E-state index in [1.54, 1.807) is 24.3 Å². The van der Waals surface area contributed by atoms with Gasteiger partial charge in [0.05, 0.1) is 21.2 Å². The fraction of sp³-hybridized carbons (Fsp3) is 0. The number of anilines is 1. The molecule has 30 heavy (non-hydrogen) atoms. The zero-order chi connectivity index (χ0) is 21.4. The van der Waals surface area contributed by atoms with Crippen LogP contribution in [0.5, 0.6) is 0 Å². The van der Waals surface area contributed by atoms with E-state index in [9.17, 15) is 9.59 Å². The van der Waals surface area contributed by atoms with Crippen molar-refractivity contribution in [3.63, 3.8) is 0 Å². The van der Waals surface area contributed by atoms with Crippen molar-refractivity contribution in [3.8, 4) is 11.3 Å². The fourth-order valence-electron chi connectivity index (χ4n) is 2.86. The normalized spacial score (nSPS) is 15.3. The number of benzene rings is 2. The molecular formula is C21H11BrClNO4S2. The van der Waals surface area contributed by atoms with Crippen LogP contribution in [-0.4, -0.2) is 21.3 Å². The molecule has 1 aliphatic rings. The Hall–Kier alpha value is -2.39. The Kier molecular flexibility index (Phi) is 5.84. The number of amides is 1. The predicted molar refractivity (Wildman–Crippen MR) is 126 cm³/mol. The Bertz CT molecular complexity index is 1240. The molecule has 1 aromatic heterocycles. The summed E-state index contributed by atoms with van der Waals surface area (Å²) in [5, 5.41) is 9.21.